The van der Waals surface area contributed by atoms with Gasteiger partial charge in [0.25, 0.3) is 0 Å². The van der Waals surface area contributed by atoms with Crippen LogP contribution < -0.4 is 0 Å². The molecule has 0 unspecified atom stereocenters. The lowest BCUT2D eigenvalue weighted by Crippen LogP contribution is -2.10. The minimum absolute atomic E-state index is 0.135. The number of aromatic nitrogens is 2. The Morgan fingerprint density at radius 1 is 1.13 bits per heavy atom. The molecule has 0 fully saturated rings. The Hall–Kier alpha value is -3.06. The highest BCUT2D eigenvalue weighted by Crippen LogP contribution is 2.37. The van der Waals surface area contributed by atoms with E-state index in [-0.39, 0.29) is 11.4 Å². The van der Waals surface area contributed by atoms with Crippen molar-refractivity contribution >= 4 is 29.2 Å². The second-order valence-electron chi connectivity index (χ2n) is 7.02. The molecule has 30 heavy (non-hydrogen) atoms. The van der Waals surface area contributed by atoms with Gasteiger partial charge in [0.15, 0.2) is 5.69 Å². The second-order valence-corrected chi connectivity index (χ2v) is 7.45. The summed E-state index contributed by atoms with van der Waals surface area (Å²) in [5, 5.41) is 14.4. The Morgan fingerprint density at radius 3 is 2.53 bits per heavy atom. The van der Waals surface area contributed by atoms with Crippen LogP contribution in [0.1, 0.15) is 45.7 Å². The molecule has 154 valence electrons. The van der Waals surface area contributed by atoms with E-state index in [1.807, 2.05) is 18.2 Å². The molecule has 0 radical (unpaired) electrons. The summed E-state index contributed by atoms with van der Waals surface area (Å²) in [6.45, 7) is 0. The highest BCUT2D eigenvalue weighted by Gasteiger charge is 2.32. The van der Waals surface area contributed by atoms with E-state index in [0.717, 1.165) is 29.7 Å². The number of alkyl halides is 3. The SMILES string of the molecule is O=C(O)c1nn(-c2cccc(C(F)(F)F)c2)c2c1CCC/C2=C/c1ccc(Cl)cc1. The van der Waals surface area contributed by atoms with E-state index in [1.54, 1.807) is 12.1 Å². The fraction of sp³-hybridized carbons (Fsp3) is 0.182. The maximum Gasteiger partial charge on any atom is 0.416 e. The molecule has 0 saturated carbocycles. The molecule has 1 heterocycles. The van der Waals surface area contributed by atoms with Crippen LogP contribution in [0.15, 0.2) is 48.5 Å². The van der Waals surface area contributed by atoms with Crippen LogP contribution in [0.2, 0.25) is 5.02 Å². The van der Waals surface area contributed by atoms with Crippen LogP contribution in [0.5, 0.6) is 0 Å². The van der Waals surface area contributed by atoms with Crippen LogP contribution in [-0.2, 0) is 12.6 Å². The molecule has 3 aromatic rings. The molecule has 0 aliphatic heterocycles. The Morgan fingerprint density at radius 2 is 1.87 bits per heavy atom. The summed E-state index contributed by atoms with van der Waals surface area (Å²) in [5.41, 5.74) is 1.95. The topological polar surface area (TPSA) is 55.1 Å². The quantitative estimate of drug-likeness (QED) is 0.542. The number of rotatable bonds is 3. The van der Waals surface area contributed by atoms with E-state index in [0.29, 0.717) is 29.1 Å². The number of aromatic carboxylic acids is 1. The first-order chi connectivity index (χ1) is 14.2. The molecular weight excluding hydrogens is 417 g/mol. The minimum Gasteiger partial charge on any atom is -0.476 e. The van der Waals surface area contributed by atoms with E-state index in [1.165, 1.54) is 16.8 Å². The maximum atomic E-state index is 13.2. The molecule has 1 aromatic heterocycles. The van der Waals surface area contributed by atoms with Gasteiger partial charge in [-0.1, -0.05) is 29.8 Å². The first-order valence-corrected chi connectivity index (χ1v) is 9.61. The van der Waals surface area contributed by atoms with Gasteiger partial charge in [-0.25, -0.2) is 9.48 Å². The number of hydrogen-bond donors (Lipinski definition) is 1. The number of carboxylic acid groups (broad SMARTS) is 1. The third-order valence-electron chi connectivity index (χ3n) is 4.99. The van der Waals surface area contributed by atoms with E-state index < -0.39 is 17.7 Å². The van der Waals surface area contributed by atoms with Crippen LogP contribution in [0.4, 0.5) is 13.2 Å². The molecule has 0 amide bonds. The fourth-order valence-electron chi connectivity index (χ4n) is 3.66. The number of halogens is 4. The molecule has 8 heteroatoms. The number of fused-ring (bicyclic) bond motifs is 1. The monoisotopic (exact) mass is 432 g/mol. The summed E-state index contributed by atoms with van der Waals surface area (Å²) in [7, 11) is 0. The van der Waals surface area contributed by atoms with Crippen LogP contribution in [0.25, 0.3) is 17.3 Å². The van der Waals surface area contributed by atoms with Gasteiger partial charge in [-0.3, -0.25) is 0 Å². The molecule has 0 atom stereocenters. The summed E-state index contributed by atoms with van der Waals surface area (Å²) in [6.07, 6.45) is -0.749. The third kappa shape index (κ3) is 3.85. The number of allylic oxidation sites excluding steroid dienone is 1. The molecule has 2 aromatic carbocycles. The number of benzene rings is 2. The van der Waals surface area contributed by atoms with Crippen LogP contribution >= 0.6 is 11.6 Å². The minimum atomic E-state index is -4.51. The first-order valence-electron chi connectivity index (χ1n) is 9.23. The number of hydrogen-bond acceptors (Lipinski definition) is 2. The smallest absolute Gasteiger partial charge is 0.416 e. The Balaban J connectivity index is 1.91. The highest BCUT2D eigenvalue weighted by atomic mass is 35.5. The van der Waals surface area contributed by atoms with Crippen molar-refractivity contribution < 1.29 is 23.1 Å². The van der Waals surface area contributed by atoms with Gasteiger partial charge in [-0.05, 0) is 66.8 Å². The zero-order valence-corrected chi connectivity index (χ0v) is 16.3. The largest absolute Gasteiger partial charge is 0.476 e. The summed E-state index contributed by atoms with van der Waals surface area (Å²) in [4.78, 5) is 11.8. The predicted octanol–water partition coefficient (Wildman–Crippen LogP) is 6.12. The van der Waals surface area contributed by atoms with Crippen LogP contribution in [0, 0.1) is 0 Å². The molecule has 4 rings (SSSR count). The molecule has 1 aliphatic carbocycles. The fourth-order valence-corrected chi connectivity index (χ4v) is 3.79. The van der Waals surface area contributed by atoms with E-state index >= 15 is 0 Å². The summed E-state index contributed by atoms with van der Waals surface area (Å²) in [6, 6.07) is 11.9. The Labute approximate surface area is 175 Å². The van der Waals surface area contributed by atoms with Crippen LogP contribution in [0.3, 0.4) is 0 Å². The number of carboxylic acids is 1. The van der Waals surface area contributed by atoms with Crippen molar-refractivity contribution in [2.45, 2.75) is 25.4 Å². The van der Waals surface area contributed by atoms with E-state index in [4.69, 9.17) is 11.6 Å². The highest BCUT2D eigenvalue weighted by molar-refractivity contribution is 6.30. The van der Waals surface area contributed by atoms with Crippen molar-refractivity contribution in [1.82, 2.24) is 9.78 Å². The van der Waals surface area contributed by atoms with Gasteiger partial charge in [0.05, 0.1) is 16.9 Å². The van der Waals surface area contributed by atoms with Crippen molar-refractivity contribution in [3.8, 4) is 5.69 Å². The standard InChI is InChI=1S/C22H16ClF3N2O2/c23-16-9-7-13(8-10-16)11-14-3-1-6-18-19(21(29)30)27-28(20(14)18)17-5-2-4-15(12-17)22(24,25)26/h2,4-5,7-12H,1,3,6H2,(H,29,30)/b14-11-. The van der Waals surface area contributed by atoms with E-state index in [9.17, 15) is 23.1 Å². The molecule has 1 aliphatic rings. The zero-order chi connectivity index (χ0) is 21.5. The lowest BCUT2D eigenvalue weighted by Gasteiger charge is -2.19. The van der Waals surface area contributed by atoms with Gasteiger partial charge in [-0.15, -0.1) is 0 Å². The van der Waals surface area contributed by atoms with Gasteiger partial charge < -0.3 is 5.11 Å². The van der Waals surface area contributed by atoms with Gasteiger partial charge in [0, 0.05) is 10.6 Å². The molecule has 0 bridgehead atoms. The summed E-state index contributed by atoms with van der Waals surface area (Å²) in [5.74, 6) is -1.20. The van der Waals surface area contributed by atoms with Gasteiger partial charge in [0.2, 0.25) is 0 Å². The second kappa shape index (κ2) is 7.65. The molecule has 1 N–H and O–H groups in total. The lowest BCUT2D eigenvalue weighted by molar-refractivity contribution is -0.137. The third-order valence-corrected chi connectivity index (χ3v) is 5.24. The Kier molecular flexibility index (Phi) is 5.15. The summed E-state index contributed by atoms with van der Waals surface area (Å²) >= 11 is 5.94. The van der Waals surface area contributed by atoms with Gasteiger partial charge in [0.1, 0.15) is 0 Å². The zero-order valence-electron chi connectivity index (χ0n) is 15.6. The lowest BCUT2D eigenvalue weighted by atomic mass is 9.89. The molecular formula is C22H16ClF3N2O2. The predicted molar refractivity (Wildman–Crippen MR) is 108 cm³/mol. The first kappa shape index (κ1) is 20.2. The van der Waals surface area contributed by atoms with Crippen molar-refractivity contribution in [2.75, 3.05) is 0 Å². The number of carbonyl (C=O) groups is 1. The van der Waals surface area contributed by atoms with Crippen molar-refractivity contribution in [3.05, 3.63) is 81.6 Å². The average molecular weight is 433 g/mol. The van der Waals surface area contributed by atoms with Crippen molar-refractivity contribution in [1.29, 1.82) is 0 Å². The van der Waals surface area contributed by atoms with Crippen LogP contribution in [-0.4, -0.2) is 20.9 Å². The van der Waals surface area contributed by atoms with Gasteiger partial charge in [-0.2, -0.15) is 18.3 Å². The van der Waals surface area contributed by atoms with Gasteiger partial charge >= 0.3 is 12.1 Å². The van der Waals surface area contributed by atoms with Crippen molar-refractivity contribution in [2.24, 2.45) is 0 Å². The summed E-state index contributed by atoms with van der Waals surface area (Å²) < 4.78 is 40.9. The average Bonchev–Trinajstić information content (AvgIpc) is 3.10. The van der Waals surface area contributed by atoms with Crippen molar-refractivity contribution in [3.63, 3.8) is 0 Å². The van der Waals surface area contributed by atoms with E-state index in [2.05, 4.69) is 5.10 Å². The molecule has 0 spiro atoms. The Bertz CT molecular complexity index is 1150. The molecule has 4 nitrogen and oxygen atoms in total. The normalized spacial score (nSPS) is 15.3. The number of nitrogens with zero attached hydrogens (tertiary/aromatic N) is 2. The molecule has 0 saturated heterocycles. The maximum absolute atomic E-state index is 13.2.